The van der Waals surface area contributed by atoms with Gasteiger partial charge in [0.05, 0.1) is 19.3 Å². The number of ether oxygens (including phenoxy) is 1. The number of hydrogen-bond donors (Lipinski definition) is 1. The third kappa shape index (κ3) is 5.01. The van der Waals surface area contributed by atoms with Crippen LogP contribution < -0.4 is 0 Å². The maximum absolute atomic E-state index is 10.4. The van der Waals surface area contributed by atoms with E-state index in [9.17, 15) is 5.11 Å². The Labute approximate surface area is 140 Å². The van der Waals surface area contributed by atoms with Gasteiger partial charge in [-0.2, -0.15) is 0 Å². The molecule has 0 amide bonds. The number of nitrogens with zero attached hydrogens (tertiary/aromatic N) is 2. The number of likely N-dealkylation sites (tertiary alicyclic amines) is 1. The van der Waals surface area contributed by atoms with Crippen LogP contribution in [0.15, 0.2) is 24.3 Å². The summed E-state index contributed by atoms with van der Waals surface area (Å²) >= 11 is 0. The highest BCUT2D eigenvalue weighted by Crippen LogP contribution is 2.22. The van der Waals surface area contributed by atoms with Gasteiger partial charge in [-0.3, -0.25) is 4.90 Å². The van der Waals surface area contributed by atoms with E-state index in [4.69, 9.17) is 4.74 Å². The highest BCUT2D eigenvalue weighted by Gasteiger charge is 2.23. The Morgan fingerprint density at radius 1 is 1.04 bits per heavy atom. The Morgan fingerprint density at radius 3 is 2.35 bits per heavy atom. The zero-order chi connectivity index (χ0) is 16.1. The van der Waals surface area contributed by atoms with Crippen LogP contribution in [0.5, 0.6) is 0 Å². The van der Waals surface area contributed by atoms with Crippen molar-refractivity contribution in [2.45, 2.75) is 25.9 Å². The first-order valence-electron chi connectivity index (χ1n) is 8.98. The van der Waals surface area contributed by atoms with E-state index >= 15 is 0 Å². The zero-order valence-corrected chi connectivity index (χ0v) is 14.3. The summed E-state index contributed by atoms with van der Waals surface area (Å²) in [5.74, 6) is 0.806. The molecule has 4 heteroatoms. The smallest absolute Gasteiger partial charge is 0.0916 e. The van der Waals surface area contributed by atoms with Crippen LogP contribution in [0.25, 0.3) is 0 Å². The molecule has 3 rings (SSSR count). The van der Waals surface area contributed by atoms with E-state index in [1.807, 2.05) is 12.1 Å². The molecule has 2 fully saturated rings. The summed E-state index contributed by atoms with van der Waals surface area (Å²) in [7, 11) is 0. The zero-order valence-electron chi connectivity index (χ0n) is 14.3. The number of piperidine rings is 1. The molecule has 2 saturated heterocycles. The van der Waals surface area contributed by atoms with Crippen molar-refractivity contribution in [3.8, 4) is 0 Å². The van der Waals surface area contributed by atoms with E-state index in [-0.39, 0.29) is 6.10 Å². The molecule has 0 bridgehead atoms. The third-order valence-electron chi connectivity index (χ3n) is 5.22. The average Bonchev–Trinajstić information content (AvgIpc) is 2.58. The van der Waals surface area contributed by atoms with Crippen molar-refractivity contribution in [3.63, 3.8) is 0 Å². The molecule has 2 aliphatic heterocycles. The molecule has 2 heterocycles. The number of benzene rings is 1. The summed E-state index contributed by atoms with van der Waals surface area (Å²) in [4.78, 5) is 4.96. The Morgan fingerprint density at radius 2 is 1.70 bits per heavy atom. The van der Waals surface area contributed by atoms with Crippen molar-refractivity contribution in [1.82, 2.24) is 9.80 Å². The molecule has 0 aliphatic carbocycles. The number of rotatable bonds is 5. The molecule has 4 nitrogen and oxygen atoms in total. The summed E-state index contributed by atoms with van der Waals surface area (Å²) < 4.78 is 5.42. The summed E-state index contributed by atoms with van der Waals surface area (Å²) in [6, 6.07) is 8.25. The molecular formula is C19H30N2O2. The second kappa shape index (κ2) is 8.25. The van der Waals surface area contributed by atoms with Crippen LogP contribution >= 0.6 is 0 Å². The molecule has 0 radical (unpaired) electrons. The number of β-amino-alcohol motifs (C(OH)–C–C–N with tert-alkyl or cyclic N) is 1. The molecule has 1 atom stereocenters. The first-order valence-corrected chi connectivity index (χ1v) is 8.98. The van der Waals surface area contributed by atoms with Crippen molar-refractivity contribution in [3.05, 3.63) is 35.4 Å². The number of morpholine rings is 1. The maximum atomic E-state index is 10.4. The van der Waals surface area contributed by atoms with Gasteiger partial charge in [-0.1, -0.05) is 29.8 Å². The van der Waals surface area contributed by atoms with Crippen LogP contribution in [0.1, 0.15) is 30.1 Å². The van der Waals surface area contributed by atoms with E-state index in [0.29, 0.717) is 0 Å². The van der Waals surface area contributed by atoms with Gasteiger partial charge in [0.15, 0.2) is 0 Å². The van der Waals surface area contributed by atoms with E-state index in [1.54, 1.807) is 0 Å². The molecule has 128 valence electrons. The van der Waals surface area contributed by atoms with Crippen LogP contribution in [-0.2, 0) is 4.74 Å². The fourth-order valence-electron chi connectivity index (χ4n) is 3.64. The minimum atomic E-state index is -0.369. The Kier molecular flexibility index (Phi) is 6.06. The number of hydrogen-bond acceptors (Lipinski definition) is 4. The molecular weight excluding hydrogens is 288 g/mol. The van der Waals surface area contributed by atoms with Crippen molar-refractivity contribution in [2.24, 2.45) is 5.92 Å². The van der Waals surface area contributed by atoms with Crippen molar-refractivity contribution < 1.29 is 9.84 Å². The fraction of sp³-hybridized carbons (Fsp3) is 0.684. The van der Waals surface area contributed by atoms with Gasteiger partial charge >= 0.3 is 0 Å². The van der Waals surface area contributed by atoms with Gasteiger partial charge in [0.1, 0.15) is 0 Å². The highest BCUT2D eigenvalue weighted by atomic mass is 16.5. The maximum Gasteiger partial charge on any atom is 0.0916 e. The normalized spacial score (nSPS) is 23.0. The molecule has 2 aliphatic rings. The van der Waals surface area contributed by atoms with Crippen LogP contribution in [-0.4, -0.2) is 67.4 Å². The highest BCUT2D eigenvalue weighted by molar-refractivity contribution is 5.23. The Balaban J connectivity index is 1.40. The summed E-state index contributed by atoms with van der Waals surface area (Å²) in [6.07, 6.45) is 2.13. The number of aliphatic hydroxyl groups is 1. The largest absolute Gasteiger partial charge is 0.387 e. The lowest BCUT2D eigenvalue weighted by molar-refractivity contribution is 0.0217. The topological polar surface area (TPSA) is 35.9 Å². The monoisotopic (exact) mass is 318 g/mol. The average molecular weight is 318 g/mol. The predicted molar refractivity (Wildman–Crippen MR) is 92.6 cm³/mol. The molecule has 0 saturated carbocycles. The quantitative estimate of drug-likeness (QED) is 0.902. The van der Waals surface area contributed by atoms with E-state index in [2.05, 4.69) is 28.9 Å². The Bertz CT molecular complexity index is 463. The minimum absolute atomic E-state index is 0.369. The third-order valence-corrected chi connectivity index (χ3v) is 5.22. The SMILES string of the molecule is Cc1ccc(C(O)CN2CCC(CN3CCOCC3)CC2)cc1. The second-order valence-electron chi connectivity index (χ2n) is 7.08. The van der Waals surface area contributed by atoms with Gasteiger partial charge in [0.2, 0.25) is 0 Å². The summed E-state index contributed by atoms with van der Waals surface area (Å²) in [5.41, 5.74) is 2.27. The molecule has 0 aromatic heterocycles. The van der Waals surface area contributed by atoms with Crippen molar-refractivity contribution in [1.29, 1.82) is 0 Å². The molecule has 1 aromatic carbocycles. The van der Waals surface area contributed by atoms with E-state index < -0.39 is 0 Å². The van der Waals surface area contributed by atoms with Crippen LogP contribution in [0, 0.1) is 12.8 Å². The fourth-order valence-corrected chi connectivity index (χ4v) is 3.64. The van der Waals surface area contributed by atoms with Gasteiger partial charge in [0.25, 0.3) is 0 Å². The van der Waals surface area contributed by atoms with Gasteiger partial charge in [-0.25, -0.2) is 0 Å². The minimum Gasteiger partial charge on any atom is -0.387 e. The van der Waals surface area contributed by atoms with Gasteiger partial charge in [-0.05, 0) is 44.3 Å². The van der Waals surface area contributed by atoms with Crippen LogP contribution in [0.4, 0.5) is 0 Å². The predicted octanol–water partition coefficient (Wildman–Crippen LogP) is 2.07. The van der Waals surface area contributed by atoms with E-state index in [0.717, 1.165) is 57.4 Å². The molecule has 23 heavy (non-hydrogen) atoms. The van der Waals surface area contributed by atoms with Gasteiger partial charge in [-0.15, -0.1) is 0 Å². The lowest BCUT2D eigenvalue weighted by atomic mass is 9.95. The first kappa shape index (κ1) is 16.9. The molecule has 1 N–H and O–H groups in total. The number of aliphatic hydroxyl groups excluding tert-OH is 1. The van der Waals surface area contributed by atoms with E-state index in [1.165, 1.54) is 24.9 Å². The van der Waals surface area contributed by atoms with Gasteiger partial charge in [0, 0.05) is 26.2 Å². The second-order valence-corrected chi connectivity index (χ2v) is 7.08. The summed E-state index contributed by atoms with van der Waals surface area (Å²) in [6.45, 7) is 10.2. The van der Waals surface area contributed by atoms with Crippen LogP contribution in [0.2, 0.25) is 0 Å². The Hall–Kier alpha value is -0.940. The first-order chi connectivity index (χ1) is 11.2. The van der Waals surface area contributed by atoms with Crippen LogP contribution in [0.3, 0.4) is 0 Å². The van der Waals surface area contributed by atoms with Crippen molar-refractivity contribution >= 4 is 0 Å². The van der Waals surface area contributed by atoms with Crippen molar-refractivity contribution in [2.75, 3.05) is 52.5 Å². The van der Waals surface area contributed by atoms with Gasteiger partial charge < -0.3 is 14.7 Å². The number of aryl methyl sites for hydroxylation is 1. The summed E-state index contributed by atoms with van der Waals surface area (Å²) in [5, 5.41) is 10.4. The molecule has 1 unspecified atom stereocenters. The molecule has 1 aromatic rings. The standard InChI is InChI=1S/C19H30N2O2/c1-16-2-4-18(5-3-16)19(22)15-20-8-6-17(7-9-20)14-21-10-12-23-13-11-21/h2-5,17,19,22H,6-15H2,1H3. The lowest BCUT2D eigenvalue weighted by Crippen LogP contribution is -2.43. The lowest BCUT2D eigenvalue weighted by Gasteiger charge is -2.36. The molecule has 0 spiro atoms.